The third-order valence-corrected chi connectivity index (χ3v) is 4.33. The van der Waals surface area contributed by atoms with Crippen LogP contribution in [0.3, 0.4) is 0 Å². The highest BCUT2D eigenvalue weighted by atomic mass is 35.5. The van der Waals surface area contributed by atoms with Gasteiger partial charge in [-0.1, -0.05) is 29.3 Å². The Morgan fingerprint density at radius 1 is 1.39 bits per heavy atom. The average molecular weight is 288 g/mol. The molecule has 1 N–H and O–H groups in total. The van der Waals surface area contributed by atoms with Gasteiger partial charge in [0, 0.05) is 22.7 Å². The second-order valence-corrected chi connectivity index (χ2v) is 5.59. The van der Waals surface area contributed by atoms with E-state index in [-0.39, 0.29) is 0 Å². The van der Waals surface area contributed by atoms with E-state index < -0.39 is 0 Å². The number of rotatable bonds is 4. The van der Waals surface area contributed by atoms with Crippen LogP contribution in [0.2, 0.25) is 10.0 Å². The zero-order valence-electron chi connectivity index (χ0n) is 10.6. The van der Waals surface area contributed by atoms with E-state index in [0.717, 1.165) is 41.7 Å². The van der Waals surface area contributed by atoms with E-state index in [1.54, 1.807) is 0 Å². The first-order valence-electron chi connectivity index (χ1n) is 6.40. The van der Waals surface area contributed by atoms with Gasteiger partial charge >= 0.3 is 0 Å². The van der Waals surface area contributed by atoms with Crippen LogP contribution in [0.25, 0.3) is 0 Å². The molecule has 2 rings (SSSR count). The molecule has 2 atom stereocenters. The summed E-state index contributed by atoms with van der Waals surface area (Å²) in [5.41, 5.74) is 1.03. The summed E-state index contributed by atoms with van der Waals surface area (Å²) in [6, 6.07) is 6.04. The number of benzene rings is 1. The van der Waals surface area contributed by atoms with Crippen LogP contribution < -0.4 is 5.32 Å². The molecule has 1 aliphatic rings. The predicted octanol–water partition coefficient (Wildman–Crippen LogP) is 3.55. The zero-order valence-corrected chi connectivity index (χ0v) is 12.1. The van der Waals surface area contributed by atoms with Crippen LogP contribution in [0.1, 0.15) is 18.4 Å². The van der Waals surface area contributed by atoms with Crippen molar-refractivity contribution in [2.45, 2.75) is 25.3 Å². The monoisotopic (exact) mass is 287 g/mol. The van der Waals surface area contributed by atoms with Crippen molar-refractivity contribution in [3.63, 3.8) is 0 Å². The molecule has 1 aromatic carbocycles. The molecule has 0 aromatic heterocycles. The summed E-state index contributed by atoms with van der Waals surface area (Å²) >= 11 is 12.5. The Balaban J connectivity index is 2.09. The van der Waals surface area contributed by atoms with Crippen LogP contribution in [0.4, 0.5) is 0 Å². The SMILES string of the molecule is CNC(Cc1c(Cl)cccc1Cl)C1CCCOC1. The van der Waals surface area contributed by atoms with Crippen molar-refractivity contribution in [3.05, 3.63) is 33.8 Å². The Labute approximate surface area is 119 Å². The molecule has 1 heterocycles. The van der Waals surface area contributed by atoms with Gasteiger partial charge in [0.1, 0.15) is 0 Å². The number of nitrogens with one attached hydrogen (secondary N) is 1. The summed E-state index contributed by atoms with van der Waals surface area (Å²) < 4.78 is 5.56. The number of likely N-dealkylation sites (N-methyl/N-ethyl adjacent to an activating group) is 1. The molecular weight excluding hydrogens is 269 g/mol. The lowest BCUT2D eigenvalue weighted by Crippen LogP contribution is -2.40. The Morgan fingerprint density at radius 2 is 2.11 bits per heavy atom. The van der Waals surface area contributed by atoms with Crippen molar-refractivity contribution in [1.29, 1.82) is 0 Å². The molecule has 1 aromatic rings. The first-order chi connectivity index (χ1) is 8.72. The second-order valence-electron chi connectivity index (χ2n) is 4.78. The van der Waals surface area contributed by atoms with E-state index >= 15 is 0 Å². The fourth-order valence-electron chi connectivity index (χ4n) is 2.53. The van der Waals surface area contributed by atoms with Gasteiger partial charge < -0.3 is 10.1 Å². The van der Waals surface area contributed by atoms with Gasteiger partial charge in [-0.2, -0.15) is 0 Å². The van der Waals surface area contributed by atoms with Crippen molar-refractivity contribution in [2.24, 2.45) is 5.92 Å². The smallest absolute Gasteiger partial charge is 0.0509 e. The lowest BCUT2D eigenvalue weighted by molar-refractivity contribution is 0.0405. The van der Waals surface area contributed by atoms with Gasteiger partial charge in [0.05, 0.1) is 6.61 Å². The minimum Gasteiger partial charge on any atom is -0.381 e. The highest BCUT2D eigenvalue weighted by molar-refractivity contribution is 6.36. The Morgan fingerprint density at radius 3 is 2.67 bits per heavy atom. The Bertz CT molecular complexity index is 371. The van der Waals surface area contributed by atoms with Crippen LogP contribution in [0, 0.1) is 5.92 Å². The minimum absolute atomic E-state index is 0.364. The van der Waals surface area contributed by atoms with Gasteiger partial charge in [-0.15, -0.1) is 0 Å². The first-order valence-corrected chi connectivity index (χ1v) is 7.16. The molecule has 4 heteroatoms. The van der Waals surface area contributed by atoms with Crippen LogP contribution >= 0.6 is 23.2 Å². The molecule has 2 nitrogen and oxygen atoms in total. The molecule has 1 aliphatic heterocycles. The molecule has 18 heavy (non-hydrogen) atoms. The van der Waals surface area contributed by atoms with Crippen LogP contribution in [0.15, 0.2) is 18.2 Å². The standard InChI is InChI=1S/C14H19Cl2NO/c1-17-14(10-4-3-7-18-9-10)8-11-12(15)5-2-6-13(11)16/h2,5-6,10,14,17H,3-4,7-9H2,1H3. The molecular formula is C14H19Cl2NO. The molecule has 0 bridgehead atoms. The predicted molar refractivity (Wildman–Crippen MR) is 76.6 cm³/mol. The number of hydrogen-bond acceptors (Lipinski definition) is 2. The summed E-state index contributed by atoms with van der Waals surface area (Å²) in [5.74, 6) is 0.538. The number of ether oxygens (including phenoxy) is 1. The van der Waals surface area contributed by atoms with Crippen molar-refractivity contribution < 1.29 is 4.74 Å². The maximum atomic E-state index is 6.23. The van der Waals surface area contributed by atoms with E-state index in [0.29, 0.717) is 12.0 Å². The van der Waals surface area contributed by atoms with Gasteiger partial charge in [0.15, 0.2) is 0 Å². The van der Waals surface area contributed by atoms with Crippen LogP contribution in [0.5, 0.6) is 0 Å². The van der Waals surface area contributed by atoms with Gasteiger partial charge in [0.2, 0.25) is 0 Å². The van der Waals surface area contributed by atoms with E-state index in [1.165, 1.54) is 6.42 Å². The van der Waals surface area contributed by atoms with Crippen molar-refractivity contribution in [3.8, 4) is 0 Å². The Hall–Kier alpha value is -0.280. The third-order valence-electron chi connectivity index (χ3n) is 3.62. The fourth-order valence-corrected chi connectivity index (χ4v) is 3.09. The normalized spacial score (nSPS) is 21.8. The van der Waals surface area contributed by atoms with E-state index in [2.05, 4.69) is 5.32 Å². The van der Waals surface area contributed by atoms with E-state index in [1.807, 2.05) is 25.2 Å². The first kappa shape index (κ1) is 14.1. The summed E-state index contributed by atoms with van der Waals surface area (Å²) in [7, 11) is 1.99. The molecule has 0 saturated carbocycles. The Kier molecular flexibility index (Phi) is 5.31. The molecule has 0 spiro atoms. The molecule has 0 amide bonds. The average Bonchev–Trinajstić information content (AvgIpc) is 2.40. The lowest BCUT2D eigenvalue weighted by Gasteiger charge is -2.30. The van der Waals surface area contributed by atoms with E-state index in [9.17, 15) is 0 Å². The van der Waals surface area contributed by atoms with Crippen molar-refractivity contribution >= 4 is 23.2 Å². The quantitative estimate of drug-likeness (QED) is 0.914. The van der Waals surface area contributed by atoms with Crippen molar-refractivity contribution in [1.82, 2.24) is 5.32 Å². The largest absolute Gasteiger partial charge is 0.381 e. The molecule has 1 saturated heterocycles. The molecule has 2 unspecified atom stereocenters. The summed E-state index contributed by atoms with van der Waals surface area (Å²) in [6.07, 6.45) is 3.19. The van der Waals surface area contributed by atoms with Gasteiger partial charge in [0.25, 0.3) is 0 Å². The zero-order chi connectivity index (χ0) is 13.0. The van der Waals surface area contributed by atoms with Crippen LogP contribution in [-0.2, 0) is 11.2 Å². The number of hydrogen-bond donors (Lipinski definition) is 1. The lowest BCUT2D eigenvalue weighted by atomic mass is 9.89. The van der Waals surface area contributed by atoms with Crippen molar-refractivity contribution in [2.75, 3.05) is 20.3 Å². The second kappa shape index (κ2) is 6.76. The molecule has 100 valence electrons. The van der Waals surface area contributed by atoms with Gasteiger partial charge in [-0.05, 0) is 49.9 Å². The third kappa shape index (κ3) is 3.39. The maximum absolute atomic E-state index is 6.23. The summed E-state index contributed by atoms with van der Waals surface area (Å²) in [5, 5.41) is 4.88. The van der Waals surface area contributed by atoms with Crippen LogP contribution in [-0.4, -0.2) is 26.3 Å². The minimum atomic E-state index is 0.364. The molecule has 0 aliphatic carbocycles. The molecule has 0 radical (unpaired) electrons. The maximum Gasteiger partial charge on any atom is 0.0509 e. The highest BCUT2D eigenvalue weighted by Gasteiger charge is 2.24. The van der Waals surface area contributed by atoms with Gasteiger partial charge in [-0.3, -0.25) is 0 Å². The molecule has 1 fully saturated rings. The summed E-state index contributed by atoms with van der Waals surface area (Å²) in [6.45, 7) is 1.72. The van der Waals surface area contributed by atoms with Gasteiger partial charge in [-0.25, -0.2) is 0 Å². The van der Waals surface area contributed by atoms with E-state index in [4.69, 9.17) is 27.9 Å². The fraction of sp³-hybridized carbons (Fsp3) is 0.571. The summed E-state index contributed by atoms with van der Waals surface area (Å²) in [4.78, 5) is 0. The topological polar surface area (TPSA) is 21.3 Å². The highest BCUT2D eigenvalue weighted by Crippen LogP contribution is 2.28. The number of halogens is 2.